The van der Waals surface area contributed by atoms with E-state index in [0.717, 1.165) is 34.3 Å². The van der Waals surface area contributed by atoms with Crippen LogP contribution in [-0.2, 0) is 19.1 Å². The van der Waals surface area contributed by atoms with Crippen LogP contribution in [0.2, 0.25) is 0 Å². The Labute approximate surface area is 183 Å². The van der Waals surface area contributed by atoms with Gasteiger partial charge in [0.2, 0.25) is 5.62 Å². The molecule has 1 atom stereocenters. The number of aliphatic hydroxyl groups excluding tert-OH is 1. The smallest absolute Gasteiger partial charge is 0.394 e. The lowest BCUT2D eigenvalue weighted by atomic mass is 10.0. The summed E-state index contributed by atoms with van der Waals surface area (Å²) in [7, 11) is 0. The van der Waals surface area contributed by atoms with Crippen molar-refractivity contribution in [2.75, 3.05) is 6.61 Å². The maximum atomic E-state index is 12.9. The minimum atomic E-state index is -4.38. The number of aromatic nitrogens is 2. The maximum Gasteiger partial charge on any atom is 0.416 e. The van der Waals surface area contributed by atoms with Crippen LogP contribution < -0.4 is 5.62 Å². The molecular formula is C25H24F3N3O. The number of aryl methyl sites for hydroxylation is 1. The molecule has 2 N–H and O–H groups in total. The third kappa shape index (κ3) is 4.34. The molecular weight excluding hydrogens is 415 g/mol. The maximum absolute atomic E-state index is 12.9. The lowest BCUT2D eigenvalue weighted by molar-refractivity contribution is -0.137. The summed E-state index contributed by atoms with van der Waals surface area (Å²) in [6, 6.07) is 20.3. The van der Waals surface area contributed by atoms with Gasteiger partial charge in [0.25, 0.3) is 0 Å². The highest BCUT2D eigenvalue weighted by Crippen LogP contribution is 2.29. The van der Waals surface area contributed by atoms with Crippen molar-refractivity contribution in [1.29, 1.82) is 5.41 Å². The van der Waals surface area contributed by atoms with Crippen LogP contribution in [0.15, 0.2) is 72.8 Å². The Kier molecular flexibility index (Phi) is 5.93. The summed E-state index contributed by atoms with van der Waals surface area (Å²) in [6.45, 7) is 2.13. The SMILES string of the molecule is Cc1ccc(CC(CO)n2c(=N)n(Cc3ccc(C(F)(F)F)cc3)c3ccccc32)cc1. The zero-order valence-corrected chi connectivity index (χ0v) is 17.6. The van der Waals surface area contributed by atoms with Crippen molar-refractivity contribution < 1.29 is 18.3 Å². The average molecular weight is 439 g/mol. The molecule has 3 aromatic carbocycles. The number of aliphatic hydroxyl groups is 1. The van der Waals surface area contributed by atoms with Crippen LogP contribution in [0.1, 0.15) is 28.3 Å². The van der Waals surface area contributed by atoms with Gasteiger partial charge >= 0.3 is 6.18 Å². The summed E-state index contributed by atoms with van der Waals surface area (Å²) < 4.78 is 42.2. The van der Waals surface area contributed by atoms with Gasteiger partial charge in [0.05, 0.1) is 35.8 Å². The van der Waals surface area contributed by atoms with Crippen LogP contribution in [0, 0.1) is 12.3 Å². The number of halogens is 3. The number of alkyl halides is 3. The van der Waals surface area contributed by atoms with Crippen molar-refractivity contribution in [2.45, 2.75) is 32.1 Å². The second-order valence-electron chi connectivity index (χ2n) is 7.99. The predicted octanol–water partition coefficient (Wildman–Crippen LogP) is 5.07. The number of imidazole rings is 1. The third-order valence-electron chi connectivity index (χ3n) is 5.71. The second kappa shape index (κ2) is 8.67. The fourth-order valence-corrected chi connectivity index (χ4v) is 4.00. The normalized spacial score (nSPS) is 12.9. The van der Waals surface area contributed by atoms with Gasteiger partial charge in [-0.3, -0.25) is 5.41 Å². The van der Waals surface area contributed by atoms with E-state index in [9.17, 15) is 18.3 Å². The zero-order chi connectivity index (χ0) is 22.9. The summed E-state index contributed by atoms with van der Waals surface area (Å²) in [4.78, 5) is 0. The van der Waals surface area contributed by atoms with Gasteiger partial charge in [0, 0.05) is 0 Å². The van der Waals surface area contributed by atoms with Crippen LogP contribution in [0.4, 0.5) is 13.2 Å². The zero-order valence-electron chi connectivity index (χ0n) is 17.6. The first-order valence-electron chi connectivity index (χ1n) is 10.3. The van der Waals surface area contributed by atoms with E-state index in [2.05, 4.69) is 0 Å². The van der Waals surface area contributed by atoms with Gasteiger partial charge in [-0.05, 0) is 48.7 Å². The molecule has 0 aliphatic rings. The molecule has 0 saturated heterocycles. The van der Waals surface area contributed by atoms with Gasteiger partial charge in [-0.25, -0.2) is 0 Å². The predicted molar refractivity (Wildman–Crippen MR) is 117 cm³/mol. The Bertz CT molecular complexity index is 1270. The van der Waals surface area contributed by atoms with Crippen LogP contribution in [0.3, 0.4) is 0 Å². The fraction of sp³-hybridized carbons (Fsp3) is 0.240. The molecule has 0 aliphatic carbocycles. The Hall–Kier alpha value is -3.32. The molecule has 1 aromatic heterocycles. The lowest BCUT2D eigenvalue weighted by Gasteiger charge is -2.17. The molecule has 1 unspecified atom stereocenters. The first kappa shape index (κ1) is 21.9. The summed E-state index contributed by atoms with van der Waals surface area (Å²) in [5, 5.41) is 19.0. The van der Waals surface area contributed by atoms with Crippen molar-refractivity contribution in [1.82, 2.24) is 9.13 Å². The molecule has 0 saturated carbocycles. The van der Waals surface area contributed by atoms with E-state index >= 15 is 0 Å². The molecule has 0 bridgehead atoms. The average Bonchev–Trinajstić information content (AvgIpc) is 3.05. The molecule has 166 valence electrons. The van der Waals surface area contributed by atoms with Crippen molar-refractivity contribution in [3.8, 4) is 0 Å². The number of hydrogen-bond acceptors (Lipinski definition) is 2. The highest BCUT2D eigenvalue weighted by Gasteiger charge is 2.30. The molecule has 0 aliphatic heterocycles. The van der Waals surface area contributed by atoms with Gasteiger partial charge in [0.1, 0.15) is 0 Å². The van der Waals surface area contributed by atoms with Gasteiger partial charge in [-0.15, -0.1) is 0 Å². The largest absolute Gasteiger partial charge is 0.416 e. The molecule has 1 heterocycles. The van der Waals surface area contributed by atoms with Gasteiger partial charge in [0.15, 0.2) is 0 Å². The number of rotatable bonds is 6. The lowest BCUT2D eigenvalue weighted by Crippen LogP contribution is -2.30. The van der Waals surface area contributed by atoms with E-state index in [1.54, 1.807) is 9.13 Å². The Balaban J connectivity index is 1.73. The highest BCUT2D eigenvalue weighted by atomic mass is 19.4. The molecule has 7 heteroatoms. The summed E-state index contributed by atoms with van der Waals surface area (Å²) in [5.41, 5.74) is 3.96. The minimum Gasteiger partial charge on any atom is -0.394 e. The first-order valence-corrected chi connectivity index (χ1v) is 10.3. The molecule has 0 amide bonds. The van der Waals surface area contributed by atoms with Crippen molar-refractivity contribution in [2.24, 2.45) is 0 Å². The minimum absolute atomic E-state index is 0.140. The number of hydrogen-bond donors (Lipinski definition) is 2. The van der Waals surface area contributed by atoms with Crippen LogP contribution in [0.25, 0.3) is 11.0 Å². The van der Waals surface area contributed by atoms with Gasteiger partial charge in [-0.1, -0.05) is 54.1 Å². The monoisotopic (exact) mass is 439 g/mol. The van der Waals surface area contributed by atoms with E-state index in [4.69, 9.17) is 5.41 Å². The number of benzene rings is 3. The molecule has 0 fully saturated rings. The fourth-order valence-electron chi connectivity index (χ4n) is 4.00. The van der Waals surface area contributed by atoms with E-state index in [-0.39, 0.29) is 24.8 Å². The number of nitrogens with zero attached hydrogens (tertiary/aromatic N) is 2. The number of para-hydroxylation sites is 2. The molecule has 0 radical (unpaired) electrons. The van der Waals surface area contributed by atoms with Crippen molar-refractivity contribution >= 4 is 11.0 Å². The topological polar surface area (TPSA) is 53.9 Å². The van der Waals surface area contributed by atoms with E-state index in [1.807, 2.05) is 55.5 Å². The number of fused-ring (bicyclic) bond motifs is 1. The van der Waals surface area contributed by atoms with Crippen molar-refractivity contribution in [3.05, 3.63) is 101 Å². The highest BCUT2D eigenvalue weighted by molar-refractivity contribution is 5.76. The van der Waals surface area contributed by atoms with Crippen LogP contribution in [0.5, 0.6) is 0 Å². The quantitative estimate of drug-likeness (QED) is 0.433. The molecule has 4 nitrogen and oxygen atoms in total. The standard InChI is InChI=1S/C25H24F3N3O/c1-17-6-8-18(9-7-17)14-21(16-32)31-23-5-3-2-4-22(23)30(24(31)29)15-19-10-12-20(13-11-19)25(26,27)28/h2-13,21,29,32H,14-16H2,1H3. The van der Waals surface area contributed by atoms with Gasteiger partial charge < -0.3 is 14.2 Å². The Morgan fingerprint density at radius 1 is 0.875 bits per heavy atom. The van der Waals surface area contributed by atoms with Gasteiger partial charge in [-0.2, -0.15) is 13.2 Å². The molecule has 4 rings (SSSR count). The van der Waals surface area contributed by atoms with E-state index < -0.39 is 11.7 Å². The molecule has 0 spiro atoms. The number of nitrogens with one attached hydrogen (secondary N) is 1. The van der Waals surface area contributed by atoms with Crippen molar-refractivity contribution in [3.63, 3.8) is 0 Å². The summed E-state index contributed by atoms with van der Waals surface area (Å²) in [6.07, 6.45) is -3.83. The first-order chi connectivity index (χ1) is 15.3. The second-order valence-corrected chi connectivity index (χ2v) is 7.99. The Morgan fingerprint density at radius 3 is 2.06 bits per heavy atom. The van der Waals surface area contributed by atoms with Crippen LogP contribution >= 0.6 is 0 Å². The van der Waals surface area contributed by atoms with Crippen LogP contribution in [-0.4, -0.2) is 20.8 Å². The summed E-state index contributed by atoms with van der Waals surface area (Å²) >= 11 is 0. The molecule has 4 aromatic rings. The summed E-state index contributed by atoms with van der Waals surface area (Å²) in [5.74, 6) is 0. The van der Waals surface area contributed by atoms with E-state index in [1.165, 1.54) is 12.1 Å². The molecule has 32 heavy (non-hydrogen) atoms. The third-order valence-corrected chi connectivity index (χ3v) is 5.71. The Morgan fingerprint density at radius 2 is 1.47 bits per heavy atom. The van der Waals surface area contributed by atoms with E-state index in [0.29, 0.717) is 12.0 Å².